The number of carboxylic acid groups (broad SMARTS) is 1. The predicted molar refractivity (Wildman–Crippen MR) is 259 cm³/mol. The highest BCUT2D eigenvalue weighted by molar-refractivity contribution is 7.98. The summed E-state index contributed by atoms with van der Waals surface area (Å²) >= 11 is 1.67. The summed E-state index contributed by atoms with van der Waals surface area (Å²) < 4.78 is 67.1. The number of aliphatic hydroxyl groups is 1. The van der Waals surface area contributed by atoms with Crippen molar-refractivity contribution in [2.45, 2.75) is 44.2 Å². The van der Waals surface area contributed by atoms with Crippen molar-refractivity contribution in [1.82, 2.24) is 15.2 Å². The molecular formula is C50H62F3N5O11S. The van der Waals surface area contributed by atoms with E-state index in [2.05, 4.69) is 20.5 Å². The molecule has 4 aromatic rings. The summed E-state index contributed by atoms with van der Waals surface area (Å²) in [6.45, 7) is 4.15. The first-order valence-corrected chi connectivity index (χ1v) is 24.3. The summed E-state index contributed by atoms with van der Waals surface area (Å²) in [5.74, 6) is -0.913. The molecule has 1 fully saturated rings. The zero-order chi connectivity index (χ0) is 50.0. The number of benzene rings is 3. The number of amides is 3. The highest BCUT2D eigenvalue weighted by atomic mass is 32.2. The fourth-order valence-corrected chi connectivity index (χ4v) is 8.04. The molecule has 5 rings (SSSR count). The number of alkyl halides is 3. The van der Waals surface area contributed by atoms with Crippen molar-refractivity contribution in [2.75, 3.05) is 115 Å². The van der Waals surface area contributed by atoms with E-state index in [-0.39, 0.29) is 69.9 Å². The monoisotopic (exact) mass is 997 g/mol. The molecule has 0 radical (unpaired) electrons. The van der Waals surface area contributed by atoms with Crippen LogP contribution in [0.3, 0.4) is 0 Å². The number of aliphatic carboxylic acids is 1. The Balaban J connectivity index is 1.01. The SMILES string of the molecule is O=C(O)CN(CCOCCO)C(=O)CCOCCOCCOCCOCCSCc1cccc(C(=O)Nc2ccc(N3CCCCC3)cc2-c2cc(C(=O)NCc3cccc(C(F)(F)F)c3)ccn2)c1. The van der Waals surface area contributed by atoms with E-state index in [0.29, 0.717) is 73.5 Å². The van der Waals surface area contributed by atoms with Gasteiger partial charge in [-0.1, -0.05) is 24.3 Å². The largest absolute Gasteiger partial charge is 0.480 e. The van der Waals surface area contributed by atoms with Crippen LogP contribution in [0.4, 0.5) is 24.5 Å². The fourth-order valence-electron chi connectivity index (χ4n) is 7.24. The topological polar surface area (TPSA) is 198 Å². The molecule has 0 saturated carbocycles. The molecule has 1 aromatic heterocycles. The molecular weight excluding hydrogens is 936 g/mol. The maximum Gasteiger partial charge on any atom is 0.416 e. The Hall–Kier alpha value is -5.61. The van der Waals surface area contributed by atoms with E-state index in [1.807, 2.05) is 36.4 Å². The number of pyridine rings is 1. The number of ether oxygens (including phenoxy) is 5. The van der Waals surface area contributed by atoms with Gasteiger partial charge in [0.05, 0.1) is 96.0 Å². The fraction of sp³-hybridized carbons (Fsp3) is 0.460. The van der Waals surface area contributed by atoms with Crippen LogP contribution in [-0.4, -0.2) is 148 Å². The van der Waals surface area contributed by atoms with Crippen molar-refractivity contribution < 1.29 is 66.2 Å². The number of rotatable bonds is 31. The Morgan fingerprint density at radius 3 is 2.11 bits per heavy atom. The van der Waals surface area contributed by atoms with Crippen LogP contribution in [0.15, 0.2) is 85.1 Å². The van der Waals surface area contributed by atoms with Gasteiger partial charge in [-0.15, -0.1) is 0 Å². The summed E-state index contributed by atoms with van der Waals surface area (Å²) in [5, 5.41) is 23.6. The van der Waals surface area contributed by atoms with E-state index in [1.165, 1.54) is 29.3 Å². The smallest absolute Gasteiger partial charge is 0.416 e. The molecule has 1 aliphatic rings. The van der Waals surface area contributed by atoms with Gasteiger partial charge in [-0.2, -0.15) is 24.9 Å². The first-order chi connectivity index (χ1) is 33.9. The Morgan fingerprint density at radius 1 is 0.729 bits per heavy atom. The molecule has 0 spiro atoms. The van der Waals surface area contributed by atoms with Crippen LogP contribution >= 0.6 is 11.8 Å². The van der Waals surface area contributed by atoms with Gasteiger partial charge in [-0.3, -0.25) is 24.2 Å². The van der Waals surface area contributed by atoms with Gasteiger partial charge < -0.3 is 54.3 Å². The van der Waals surface area contributed by atoms with Crippen molar-refractivity contribution in [3.63, 3.8) is 0 Å². The van der Waals surface area contributed by atoms with E-state index >= 15 is 0 Å². The lowest BCUT2D eigenvalue weighted by molar-refractivity contribution is -0.145. The minimum atomic E-state index is -4.50. The van der Waals surface area contributed by atoms with Crippen LogP contribution in [0.2, 0.25) is 0 Å². The first-order valence-electron chi connectivity index (χ1n) is 23.2. The molecule has 3 amide bonds. The van der Waals surface area contributed by atoms with E-state index in [1.54, 1.807) is 23.9 Å². The standard InChI is InChI=1S/C50H62F3N5O11S/c51-50(52,53)41-9-5-6-37(31-41)34-55-48(63)40-12-14-54-45(32-40)43-33-42(57-15-2-1-3-16-57)10-11-44(43)56-49(64)39-8-4-7-38(30-39)36-70-29-28-69-27-26-68-25-24-67-23-22-65-19-13-46(60)58(35-47(61)62)17-20-66-21-18-59/h4-12,14,30-33,59H,1-3,13,15-29,34-36H2,(H,55,63)(H,56,64)(H,61,62). The van der Waals surface area contributed by atoms with Crippen LogP contribution in [-0.2, 0) is 51.7 Å². The Kier molecular flexibility index (Phi) is 23.9. The lowest BCUT2D eigenvalue weighted by atomic mass is 10.0. The highest BCUT2D eigenvalue weighted by Crippen LogP contribution is 2.34. The molecule has 1 aliphatic heterocycles. The van der Waals surface area contributed by atoms with E-state index in [4.69, 9.17) is 33.9 Å². The van der Waals surface area contributed by atoms with Crippen LogP contribution in [0.25, 0.3) is 11.3 Å². The van der Waals surface area contributed by atoms with Crippen molar-refractivity contribution in [2.24, 2.45) is 0 Å². The zero-order valence-corrected chi connectivity index (χ0v) is 39.9. The maximum absolute atomic E-state index is 13.8. The number of nitrogens with one attached hydrogen (secondary N) is 2. The summed E-state index contributed by atoms with van der Waals surface area (Å²) in [4.78, 5) is 58.5. The lowest BCUT2D eigenvalue weighted by Crippen LogP contribution is -2.38. The third kappa shape index (κ3) is 19.6. The van der Waals surface area contributed by atoms with Gasteiger partial charge in [0.1, 0.15) is 6.54 Å². The molecule has 70 heavy (non-hydrogen) atoms. The number of carboxylic acids is 1. The third-order valence-electron chi connectivity index (χ3n) is 10.8. The number of hydrogen-bond acceptors (Lipinski definition) is 13. The number of thioether (sulfide) groups is 1. The van der Waals surface area contributed by atoms with Crippen molar-refractivity contribution in [3.8, 4) is 11.3 Å². The van der Waals surface area contributed by atoms with Crippen LogP contribution < -0.4 is 15.5 Å². The number of aliphatic hydroxyl groups excluding tert-OH is 1. The Morgan fingerprint density at radius 2 is 1.40 bits per heavy atom. The van der Waals surface area contributed by atoms with E-state index < -0.39 is 30.2 Å². The van der Waals surface area contributed by atoms with Crippen LogP contribution in [0.1, 0.15) is 63.1 Å². The second-order valence-electron chi connectivity index (χ2n) is 16.0. The van der Waals surface area contributed by atoms with Crippen molar-refractivity contribution >= 4 is 46.8 Å². The first kappa shape index (κ1) is 55.3. The molecule has 4 N–H and O–H groups in total. The van der Waals surface area contributed by atoms with Gasteiger partial charge >= 0.3 is 12.1 Å². The van der Waals surface area contributed by atoms with Gasteiger partial charge in [-0.25, -0.2) is 0 Å². The molecule has 2 heterocycles. The molecule has 3 aromatic carbocycles. The van der Waals surface area contributed by atoms with Crippen LogP contribution in [0, 0.1) is 0 Å². The predicted octanol–water partition coefficient (Wildman–Crippen LogP) is 6.55. The molecule has 0 atom stereocenters. The number of hydrogen-bond donors (Lipinski definition) is 4. The normalized spacial score (nSPS) is 12.7. The molecule has 0 bridgehead atoms. The number of carbonyl (C=O) groups is 4. The average molecular weight is 998 g/mol. The lowest BCUT2D eigenvalue weighted by Gasteiger charge is -2.29. The number of halogens is 3. The number of carbonyl (C=O) groups excluding carboxylic acids is 3. The van der Waals surface area contributed by atoms with Gasteiger partial charge in [0.25, 0.3) is 11.8 Å². The summed E-state index contributed by atoms with van der Waals surface area (Å²) in [5.41, 5.74) is 3.74. The molecule has 380 valence electrons. The summed E-state index contributed by atoms with van der Waals surface area (Å²) in [6.07, 6.45) is 0.285. The van der Waals surface area contributed by atoms with E-state index in [0.717, 1.165) is 61.5 Å². The summed E-state index contributed by atoms with van der Waals surface area (Å²) in [7, 11) is 0. The second-order valence-corrected chi connectivity index (χ2v) is 17.1. The average Bonchev–Trinajstić information content (AvgIpc) is 3.36. The summed E-state index contributed by atoms with van der Waals surface area (Å²) in [6, 6.07) is 21.1. The quantitative estimate of drug-likeness (QED) is 0.0396. The number of nitrogens with zero attached hydrogens (tertiary/aromatic N) is 3. The van der Waals surface area contributed by atoms with Gasteiger partial charge in [-0.05, 0) is 85.0 Å². The van der Waals surface area contributed by atoms with Gasteiger partial charge in [0.15, 0.2) is 0 Å². The number of anilines is 2. The molecule has 20 heteroatoms. The Bertz CT molecular complexity index is 2270. The zero-order valence-electron chi connectivity index (χ0n) is 39.1. The maximum atomic E-state index is 13.8. The molecule has 16 nitrogen and oxygen atoms in total. The number of aromatic nitrogens is 1. The molecule has 0 unspecified atom stereocenters. The molecule has 0 aliphatic carbocycles. The minimum absolute atomic E-state index is 0.0194. The van der Waals surface area contributed by atoms with Crippen molar-refractivity contribution in [1.29, 1.82) is 0 Å². The number of piperidine rings is 1. The van der Waals surface area contributed by atoms with Crippen LogP contribution in [0.5, 0.6) is 0 Å². The second kappa shape index (κ2) is 30.2. The minimum Gasteiger partial charge on any atom is -0.480 e. The van der Waals surface area contributed by atoms with Crippen molar-refractivity contribution in [3.05, 3.63) is 113 Å². The highest BCUT2D eigenvalue weighted by Gasteiger charge is 2.30. The van der Waals surface area contributed by atoms with Gasteiger partial charge in [0.2, 0.25) is 5.91 Å². The van der Waals surface area contributed by atoms with E-state index in [9.17, 15) is 32.3 Å². The molecule has 1 saturated heterocycles. The third-order valence-corrected chi connectivity index (χ3v) is 11.8. The Labute approximate surface area is 410 Å². The van der Waals surface area contributed by atoms with Gasteiger partial charge in [0, 0.05) is 66.3 Å².